The van der Waals surface area contributed by atoms with Gasteiger partial charge in [0.2, 0.25) is 5.91 Å². The van der Waals surface area contributed by atoms with Crippen molar-refractivity contribution < 1.29 is 4.79 Å². The monoisotopic (exact) mass is 297 g/mol. The van der Waals surface area contributed by atoms with Crippen molar-refractivity contribution in [1.82, 2.24) is 9.80 Å². The molecule has 1 aliphatic rings. The lowest BCUT2D eigenvalue weighted by Gasteiger charge is -2.36. The summed E-state index contributed by atoms with van der Waals surface area (Å²) < 4.78 is 0. The van der Waals surface area contributed by atoms with Crippen LogP contribution in [0.5, 0.6) is 0 Å². The van der Waals surface area contributed by atoms with Crippen LogP contribution in [0.2, 0.25) is 0 Å². The Bertz CT molecular complexity index is 312. The maximum absolute atomic E-state index is 12.3. The summed E-state index contributed by atoms with van der Waals surface area (Å²) in [4.78, 5) is 16.8. The lowest BCUT2D eigenvalue weighted by Crippen LogP contribution is -2.45. The highest BCUT2D eigenvalue weighted by Crippen LogP contribution is 2.23. The molecule has 124 valence electrons. The van der Waals surface area contributed by atoms with Crippen molar-refractivity contribution in [3.63, 3.8) is 0 Å². The molecule has 2 N–H and O–H groups in total. The molecule has 0 radical (unpaired) electrons. The predicted molar refractivity (Wildman–Crippen MR) is 89.1 cm³/mol. The molecule has 1 atom stereocenters. The molecule has 4 heteroatoms. The quantitative estimate of drug-likeness (QED) is 0.818. The maximum atomic E-state index is 12.3. The van der Waals surface area contributed by atoms with Gasteiger partial charge in [-0.1, -0.05) is 34.6 Å². The molecule has 21 heavy (non-hydrogen) atoms. The van der Waals surface area contributed by atoms with Crippen LogP contribution in [0.15, 0.2) is 0 Å². The van der Waals surface area contributed by atoms with E-state index in [4.69, 9.17) is 5.73 Å². The van der Waals surface area contributed by atoms with Gasteiger partial charge in [0.1, 0.15) is 0 Å². The highest BCUT2D eigenvalue weighted by Gasteiger charge is 2.28. The summed E-state index contributed by atoms with van der Waals surface area (Å²) in [6.45, 7) is 16.0. The zero-order valence-corrected chi connectivity index (χ0v) is 14.7. The van der Waals surface area contributed by atoms with E-state index in [2.05, 4.69) is 39.5 Å². The van der Waals surface area contributed by atoms with Crippen molar-refractivity contribution >= 4 is 5.91 Å². The number of nitrogens with zero attached hydrogens (tertiary/aromatic N) is 2. The van der Waals surface area contributed by atoms with Crippen molar-refractivity contribution in [2.24, 2.45) is 17.1 Å². The van der Waals surface area contributed by atoms with E-state index < -0.39 is 0 Å². The van der Waals surface area contributed by atoms with E-state index in [9.17, 15) is 4.79 Å². The van der Waals surface area contributed by atoms with Crippen LogP contribution >= 0.6 is 0 Å². The number of carbonyl (C=O) groups excluding carboxylic acids is 1. The second kappa shape index (κ2) is 8.14. The van der Waals surface area contributed by atoms with Gasteiger partial charge >= 0.3 is 0 Å². The highest BCUT2D eigenvalue weighted by molar-refractivity contribution is 5.77. The van der Waals surface area contributed by atoms with Gasteiger partial charge < -0.3 is 15.5 Å². The molecule has 1 heterocycles. The Kier molecular flexibility index (Phi) is 7.14. The van der Waals surface area contributed by atoms with E-state index in [1.54, 1.807) is 0 Å². The summed E-state index contributed by atoms with van der Waals surface area (Å²) in [5.74, 6) is 0.976. The van der Waals surface area contributed by atoms with Gasteiger partial charge in [-0.25, -0.2) is 0 Å². The molecule has 1 rings (SSSR count). The molecular weight excluding hydrogens is 262 g/mol. The number of piperidine rings is 1. The number of likely N-dealkylation sites (tertiary alicyclic amines) is 1. The van der Waals surface area contributed by atoms with Gasteiger partial charge in [0.25, 0.3) is 0 Å². The van der Waals surface area contributed by atoms with Crippen LogP contribution in [0.4, 0.5) is 0 Å². The van der Waals surface area contributed by atoms with Gasteiger partial charge in [0.15, 0.2) is 0 Å². The van der Waals surface area contributed by atoms with Crippen LogP contribution < -0.4 is 5.73 Å². The third-order valence-corrected chi connectivity index (χ3v) is 4.88. The van der Waals surface area contributed by atoms with Gasteiger partial charge in [-0.2, -0.15) is 0 Å². The minimum Gasteiger partial charge on any atom is -0.343 e. The molecular formula is C17H35N3O. The second-order valence-electron chi connectivity index (χ2n) is 7.49. The molecule has 0 aliphatic carbocycles. The molecule has 1 saturated heterocycles. The lowest BCUT2D eigenvalue weighted by atomic mass is 9.85. The molecule has 0 aromatic heterocycles. The van der Waals surface area contributed by atoms with Crippen LogP contribution in [0.1, 0.15) is 53.9 Å². The Balaban J connectivity index is 2.37. The summed E-state index contributed by atoms with van der Waals surface area (Å²) in [6, 6.07) is -0.0570. The summed E-state index contributed by atoms with van der Waals surface area (Å²) in [7, 11) is 0. The average Bonchev–Trinajstić information content (AvgIpc) is 2.44. The first-order chi connectivity index (χ1) is 9.77. The molecule has 1 fully saturated rings. The van der Waals surface area contributed by atoms with E-state index in [-0.39, 0.29) is 17.4 Å². The molecule has 1 unspecified atom stereocenters. The standard InChI is InChI=1S/C17H35N3O/c1-6-19(7-2)13-14-8-10-20(11-9-14)16(21)12-15(18)17(3,4)5/h14-15H,6-13,18H2,1-5H3. The molecule has 0 bridgehead atoms. The van der Waals surface area contributed by atoms with Crippen LogP contribution in [0.3, 0.4) is 0 Å². The molecule has 0 spiro atoms. The van der Waals surface area contributed by atoms with E-state index in [0.29, 0.717) is 6.42 Å². The number of hydrogen-bond acceptors (Lipinski definition) is 3. The first-order valence-electron chi connectivity index (χ1n) is 8.53. The number of nitrogens with two attached hydrogens (primary N) is 1. The smallest absolute Gasteiger partial charge is 0.224 e. The fourth-order valence-electron chi connectivity index (χ4n) is 2.84. The van der Waals surface area contributed by atoms with Gasteiger partial charge in [0, 0.05) is 32.1 Å². The molecule has 0 aromatic carbocycles. The SMILES string of the molecule is CCN(CC)CC1CCN(C(=O)CC(N)C(C)(C)C)CC1. The Morgan fingerprint density at radius 3 is 2.19 bits per heavy atom. The topological polar surface area (TPSA) is 49.6 Å². The first kappa shape index (κ1) is 18.4. The number of rotatable bonds is 6. The normalized spacial score (nSPS) is 19.1. The van der Waals surface area contributed by atoms with Crippen LogP contribution in [0.25, 0.3) is 0 Å². The molecule has 1 amide bonds. The fraction of sp³-hybridized carbons (Fsp3) is 0.941. The van der Waals surface area contributed by atoms with E-state index in [0.717, 1.165) is 44.9 Å². The van der Waals surface area contributed by atoms with E-state index >= 15 is 0 Å². The summed E-state index contributed by atoms with van der Waals surface area (Å²) >= 11 is 0. The van der Waals surface area contributed by atoms with Crippen LogP contribution in [-0.2, 0) is 4.79 Å². The Hall–Kier alpha value is -0.610. The van der Waals surface area contributed by atoms with Crippen molar-refractivity contribution in [2.45, 2.75) is 59.9 Å². The molecule has 4 nitrogen and oxygen atoms in total. The molecule has 1 aliphatic heterocycles. The number of amides is 1. The minimum absolute atomic E-state index is 0.00324. The van der Waals surface area contributed by atoms with Gasteiger partial charge in [-0.15, -0.1) is 0 Å². The average molecular weight is 297 g/mol. The van der Waals surface area contributed by atoms with E-state index in [1.165, 1.54) is 6.54 Å². The van der Waals surface area contributed by atoms with Gasteiger partial charge in [-0.05, 0) is 37.3 Å². The highest BCUT2D eigenvalue weighted by atomic mass is 16.2. The number of carbonyl (C=O) groups is 1. The second-order valence-corrected chi connectivity index (χ2v) is 7.49. The molecule has 0 saturated carbocycles. The summed E-state index contributed by atoms with van der Waals surface area (Å²) in [5.41, 5.74) is 6.13. The van der Waals surface area contributed by atoms with Crippen molar-refractivity contribution in [3.05, 3.63) is 0 Å². The summed E-state index contributed by atoms with van der Waals surface area (Å²) in [6.07, 6.45) is 2.74. The zero-order chi connectivity index (χ0) is 16.0. The largest absolute Gasteiger partial charge is 0.343 e. The van der Waals surface area contributed by atoms with Crippen molar-refractivity contribution in [2.75, 3.05) is 32.7 Å². The van der Waals surface area contributed by atoms with Gasteiger partial charge in [0.05, 0.1) is 0 Å². The van der Waals surface area contributed by atoms with Crippen molar-refractivity contribution in [3.8, 4) is 0 Å². The predicted octanol–water partition coefficient (Wildman–Crippen LogP) is 2.33. The third kappa shape index (κ3) is 5.95. The van der Waals surface area contributed by atoms with E-state index in [1.807, 2.05) is 4.90 Å². The zero-order valence-electron chi connectivity index (χ0n) is 14.7. The first-order valence-corrected chi connectivity index (χ1v) is 8.53. The van der Waals surface area contributed by atoms with Gasteiger partial charge in [-0.3, -0.25) is 4.79 Å². The minimum atomic E-state index is -0.0570. The maximum Gasteiger partial charge on any atom is 0.224 e. The Labute approximate surface area is 131 Å². The number of hydrogen-bond donors (Lipinski definition) is 1. The molecule has 0 aromatic rings. The Morgan fingerprint density at radius 1 is 1.24 bits per heavy atom. The lowest BCUT2D eigenvalue weighted by molar-refractivity contribution is -0.133. The van der Waals surface area contributed by atoms with Crippen molar-refractivity contribution in [1.29, 1.82) is 0 Å². The van der Waals surface area contributed by atoms with Crippen LogP contribution in [-0.4, -0.2) is 54.5 Å². The summed E-state index contributed by atoms with van der Waals surface area (Å²) in [5, 5.41) is 0. The fourth-order valence-corrected chi connectivity index (χ4v) is 2.84. The van der Waals surface area contributed by atoms with Crippen LogP contribution in [0, 0.1) is 11.3 Å². The Morgan fingerprint density at radius 2 is 1.76 bits per heavy atom. The third-order valence-electron chi connectivity index (χ3n) is 4.88.